The summed E-state index contributed by atoms with van der Waals surface area (Å²) < 4.78 is 23.3. The van der Waals surface area contributed by atoms with Crippen LogP contribution in [0.1, 0.15) is 31.0 Å². The molecule has 2 heterocycles. The zero-order valence-corrected chi connectivity index (χ0v) is 22.9. The number of thiazole rings is 1. The molecule has 1 N–H and O–H groups in total. The number of carbonyl (C=O) groups excluding carboxylic acids is 1. The van der Waals surface area contributed by atoms with Gasteiger partial charge in [0.05, 0.1) is 41.1 Å². The fourth-order valence-corrected chi connectivity index (χ4v) is 5.42. The average Bonchev–Trinajstić information content (AvgIpc) is 3.20. The summed E-state index contributed by atoms with van der Waals surface area (Å²) in [5.41, 5.74) is 1.48. The van der Waals surface area contributed by atoms with Crippen molar-refractivity contribution in [1.29, 1.82) is 0 Å². The molecule has 2 aromatic carbocycles. The molecule has 0 aliphatic carbocycles. The number of allylic oxidation sites excluding steroid dienone is 1. The van der Waals surface area contributed by atoms with Crippen LogP contribution in [0.25, 0.3) is 6.08 Å². The summed E-state index contributed by atoms with van der Waals surface area (Å²) in [6.07, 6.45) is 1.65. The number of esters is 1. The van der Waals surface area contributed by atoms with Crippen LogP contribution in [0.3, 0.4) is 0 Å². The number of carbonyl (C=O) groups is 1. The number of hydrogen-bond donors (Lipinski definition) is 1. The van der Waals surface area contributed by atoms with Gasteiger partial charge in [-0.3, -0.25) is 9.36 Å². The van der Waals surface area contributed by atoms with Crippen molar-refractivity contribution in [2.75, 3.05) is 34.0 Å². The first-order chi connectivity index (χ1) is 18.3. The van der Waals surface area contributed by atoms with E-state index < -0.39 is 12.0 Å². The van der Waals surface area contributed by atoms with Crippen molar-refractivity contribution in [2.24, 2.45) is 4.99 Å². The number of phenols is 1. The standard InChI is InChI=1S/C27H27ClN2O7S/c1-5-36-20-13-16(12-18(28)24(20)31)14-21-25(32)30-23(17-8-6-7-9-19(17)35-4)22(15(2)29-27(30)38-21)26(33)37-11-10-34-3/h6-9,12-14,23,31H,5,10-11H2,1-4H3. The summed E-state index contributed by atoms with van der Waals surface area (Å²) in [7, 11) is 3.04. The summed E-state index contributed by atoms with van der Waals surface area (Å²) in [6.45, 7) is 4.11. The fourth-order valence-electron chi connectivity index (χ4n) is 4.16. The third kappa shape index (κ3) is 5.33. The maximum Gasteiger partial charge on any atom is 0.338 e. The molecule has 4 rings (SSSR count). The van der Waals surface area contributed by atoms with Crippen molar-refractivity contribution < 1.29 is 28.8 Å². The molecule has 0 bridgehead atoms. The number of fused-ring (bicyclic) bond motifs is 1. The van der Waals surface area contributed by atoms with Gasteiger partial charge in [0.2, 0.25) is 0 Å². The van der Waals surface area contributed by atoms with Gasteiger partial charge in [-0.25, -0.2) is 9.79 Å². The Morgan fingerprint density at radius 3 is 2.68 bits per heavy atom. The van der Waals surface area contributed by atoms with Gasteiger partial charge < -0.3 is 24.1 Å². The van der Waals surface area contributed by atoms with Gasteiger partial charge in [-0.2, -0.15) is 0 Å². The van der Waals surface area contributed by atoms with Crippen molar-refractivity contribution in [2.45, 2.75) is 19.9 Å². The molecule has 3 aromatic rings. The number of halogens is 1. The van der Waals surface area contributed by atoms with Crippen LogP contribution in [0.4, 0.5) is 0 Å². The highest BCUT2D eigenvalue weighted by atomic mass is 35.5. The van der Waals surface area contributed by atoms with Crippen LogP contribution >= 0.6 is 22.9 Å². The Labute approximate surface area is 227 Å². The summed E-state index contributed by atoms with van der Waals surface area (Å²) >= 11 is 7.37. The van der Waals surface area contributed by atoms with E-state index in [2.05, 4.69) is 4.99 Å². The normalized spacial score (nSPS) is 15.2. The Morgan fingerprint density at radius 1 is 1.21 bits per heavy atom. The molecule has 1 unspecified atom stereocenters. The maximum atomic E-state index is 13.8. The van der Waals surface area contributed by atoms with Crippen LogP contribution in [-0.4, -0.2) is 49.7 Å². The molecule has 0 saturated heterocycles. The Hall–Kier alpha value is -3.60. The van der Waals surface area contributed by atoms with Crippen LogP contribution in [0.5, 0.6) is 17.2 Å². The van der Waals surface area contributed by atoms with E-state index in [9.17, 15) is 14.7 Å². The van der Waals surface area contributed by atoms with Gasteiger partial charge in [0.15, 0.2) is 16.3 Å². The fraction of sp³-hybridized carbons (Fsp3) is 0.296. The lowest BCUT2D eigenvalue weighted by atomic mass is 9.95. The van der Waals surface area contributed by atoms with E-state index in [1.54, 1.807) is 44.2 Å². The van der Waals surface area contributed by atoms with E-state index in [1.165, 1.54) is 30.1 Å². The number of ether oxygens (including phenoxy) is 4. The lowest BCUT2D eigenvalue weighted by molar-refractivity contribution is -0.140. The van der Waals surface area contributed by atoms with Gasteiger partial charge in [0, 0.05) is 12.7 Å². The van der Waals surface area contributed by atoms with Crippen molar-refractivity contribution in [3.8, 4) is 17.2 Å². The predicted octanol–water partition coefficient (Wildman–Crippen LogP) is 3.19. The number of para-hydroxylation sites is 1. The number of benzene rings is 2. The quantitative estimate of drug-likeness (QED) is 0.317. The highest BCUT2D eigenvalue weighted by Crippen LogP contribution is 2.37. The lowest BCUT2D eigenvalue weighted by Gasteiger charge is -2.26. The first-order valence-electron chi connectivity index (χ1n) is 11.8. The van der Waals surface area contributed by atoms with Gasteiger partial charge in [-0.15, -0.1) is 0 Å². The Balaban J connectivity index is 1.92. The number of aromatic nitrogens is 1. The maximum absolute atomic E-state index is 13.8. The molecular weight excluding hydrogens is 532 g/mol. The minimum Gasteiger partial charge on any atom is -0.503 e. The van der Waals surface area contributed by atoms with Gasteiger partial charge in [0.25, 0.3) is 5.56 Å². The summed E-state index contributed by atoms with van der Waals surface area (Å²) in [5.74, 6) is -0.0470. The first-order valence-corrected chi connectivity index (χ1v) is 13.0. The zero-order chi connectivity index (χ0) is 27.4. The molecule has 38 heavy (non-hydrogen) atoms. The number of nitrogens with zero attached hydrogens (tertiary/aromatic N) is 2. The molecule has 0 spiro atoms. The van der Waals surface area contributed by atoms with Crippen molar-refractivity contribution in [3.63, 3.8) is 0 Å². The van der Waals surface area contributed by atoms with Crippen molar-refractivity contribution in [1.82, 2.24) is 4.57 Å². The molecule has 9 nitrogen and oxygen atoms in total. The van der Waals surface area contributed by atoms with Crippen LogP contribution in [-0.2, 0) is 14.3 Å². The minimum absolute atomic E-state index is 0.0545. The predicted molar refractivity (Wildman–Crippen MR) is 144 cm³/mol. The molecule has 0 radical (unpaired) electrons. The van der Waals surface area contributed by atoms with Crippen LogP contribution in [0.2, 0.25) is 5.02 Å². The lowest BCUT2D eigenvalue weighted by Crippen LogP contribution is -2.40. The highest BCUT2D eigenvalue weighted by Gasteiger charge is 2.35. The molecule has 1 aliphatic heterocycles. The van der Waals surface area contributed by atoms with Gasteiger partial charge in [0.1, 0.15) is 18.4 Å². The third-order valence-corrected chi connectivity index (χ3v) is 7.12. The van der Waals surface area contributed by atoms with E-state index in [0.717, 1.165) is 0 Å². The van der Waals surface area contributed by atoms with E-state index in [0.29, 0.717) is 38.5 Å². The molecule has 0 saturated carbocycles. The Kier molecular flexibility index (Phi) is 8.55. The second-order valence-electron chi connectivity index (χ2n) is 8.23. The number of phenolic OH excluding ortho intramolecular Hbond substituents is 1. The van der Waals surface area contributed by atoms with Crippen LogP contribution < -0.4 is 24.4 Å². The third-order valence-electron chi connectivity index (χ3n) is 5.84. The van der Waals surface area contributed by atoms with Crippen molar-refractivity contribution >= 4 is 35.0 Å². The molecule has 11 heteroatoms. The first kappa shape index (κ1) is 27.4. The van der Waals surface area contributed by atoms with E-state index in [-0.39, 0.29) is 40.9 Å². The number of rotatable bonds is 9. The molecular formula is C27H27ClN2O7S. The van der Waals surface area contributed by atoms with E-state index in [1.807, 2.05) is 12.1 Å². The minimum atomic E-state index is -0.831. The second kappa shape index (κ2) is 11.8. The largest absolute Gasteiger partial charge is 0.503 e. The molecule has 200 valence electrons. The zero-order valence-electron chi connectivity index (χ0n) is 21.3. The number of hydrogen-bond acceptors (Lipinski definition) is 9. The SMILES string of the molecule is CCOc1cc(C=c2sc3n(c2=O)C(c2ccccc2OC)C(C(=O)OCCOC)=C(C)N=3)cc(Cl)c1O. The summed E-state index contributed by atoms with van der Waals surface area (Å²) in [4.78, 5) is 32.1. The number of methoxy groups -OCH3 is 2. The van der Waals surface area contributed by atoms with E-state index >= 15 is 0 Å². The summed E-state index contributed by atoms with van der Waals surface area (Å²) in [6, 6.07) is 9.50. The molecule has 1 atom stereocenters. The monoisotopic (exact) mass is 558 g/mol. The van der Waals surface area contributed by atoms with Gasteiger partial charge in [-0.1, -0.05) is 41.1 Å². The molecule has 0 amide bonds. The van der Waals surface area contributed by atoms with Crippen molar-refractivity contribution in [3.05, 3.63) is 83.5 Å². The second-order valence-corrected chi connectivity index (χ2v) is 9.65. The Bertz CT molecular complexity index is 1570. The molecule has 0 fully saturated rings. The molecule has 1 aliphatic rings. The topological polar surface area (TPSA) is 109 Å². The highest BCUT2D eigenvalue weighted by molar-refractivity contribution is 7.07. The van der Waals surface area contributed by atoms with E-state index in [4.69, 9.17) is 30.5 Å². The Morgan fingerprint density at radius 2 is 1.97 bits per heavy atom. The smallest absolute Gasteiger partial charge is 0.338 e. The molecule has 1 aromatic heterocycles. The van der Waals surface area contributed by atoms with Crippen LogP contribution in [0.15, 0.2) is 57.5 Å². The van der Waals surface area contributed by atoms with Gasteiger partial charge in [-0.05, 0) is 43.7 Å². The number of aromatic hydroxyl groups is 1. The average molecular weight is 559 g/mol. The van der Waals surface area contributed by atoms with Crippen LogP contribution in [0, 0.1) is 0 Å². The summed E-state index contributed by atoms with van der Waals surface area (Å²) in [5, 5.41) is 10.3. The van der Waals surface area contributed by atoms with Gasteiger partial charge >= 0.3 is 5.97 Å².